The Bertz CT molecular complexity index is 984. The van der Waals surface area contributed by atoms with Gasteiger partial charge in [0.25, 0.3) is 11.7 Å². The Balaban J connectivity index is 2.08. The van der Waals surface area contributed by atoms with Gasteiger partial charge in [-0.3, -0.25) is 14.6 Å². The lowest BCUT2D eigenvalue weighted by atomic mass is 9.97. The fourth-order valence-corrected chi connectivity index (χ4v) is 4.02. The summed E-state index contributed by atoms with van der Waals surface area (Å²) < 4.78 is 5.29. The van der Waals surface area contributed by atoms with E-state index in [1.165, 1.54) is 9.80 Å². The number of aliphatic hydroxyl groups excluding tert-OH is 1. The molecule has 1 aliphatic rings. The number of aryl methyl sites for hydroxylation is 1. The molecule has 1 saturated heterocycles. The van der Waals surface area contributed by atoms with Gasteiger partial charge in [-0.2, -0.15) is 0 Å². The highest BCUT2D eigenvalue weighted by molar-refractivity contribution is 6.46. The zero-order valence-corrected chi connectivity index (χ0v) is 18.5. The van der Waals surface area contributed by atoms with Crippen molar-refractivity contribution in [3.05, 3.63) is 65.0 Å². The summed E-state index contributed by atoms with van der Waals surface area (Å²) >= 11 is 0. The minimum atomic E-state index is -0.724. The maximum atomic E-state index is 13.0. The number of hydrogen-bond acceptors (Lipinski definition) is 5. The quantitative estimate of drug-likeness (QED) is 0.383. The maximum absolute atomic E-state index is 13.0. The Labute approximate surface area is 183 Å². The standard InChI is InChI=1S/C24H29N3O4/c1-5-26(6-2)13-14-27-21(18-9-7-8-12-25-18)20(23(29)24(27)30)22(28)17-10-11-19(31-4)16(3)15-17/h7-12,15,21,28H,5-6,13-14H2,1-4H3/p+1/t21-/m0/s1. The van der Waals surface area contributed by atoms with Gasteiger partial charge in [0.15, 0.2) is 0 Å². The molecule has 7 nitrogen and oxygen atoms in total. The Morgan fingerprint density at radius 2 is 1.94 bits per heavy atom. The summed E-state index contributed by atoms with van der Waals surface area (Å²) in [7, 11) is 1.58. The molecule has 0 spiro atoms. The largest absolute Gasteiger partial charge is 0.507 e. The number of likely N-dealkylation sites (tertiary alicyclic amines) is 1. The molecule has 0 saturated carbocycles. The van der Waals surface area contributed by atoms with Gasteiger partial charge in [-0.25, -0.2) is 0 Å². The molecule has 2 N–H and O–H groups in total. The molecule has 1 aliphatic heterocycles. The van der Waals surface area contributed by atoms with Crippen LogP contribution in [0.3, 0.4) is 0 Å². The molecule has 1 amide bonds. The summed E-state index contributed by atoms with van der Waals surface area (Å²) in [6, 6.07) is 9.82. The lowest BCUT2D eigenvalue weighted by Crippen LogP contribution is -3.12. The van der Waals surface area contributed by atoms with Gasteiger partial charge in [-0.05, 0) is 56.7 Å². The van der Waals surface area contributed by atoms with E-state index >= 15 is 0 Å². The van der Waals surface area contributed by atoms with Crippen LogP contribution in [0.4, 0.5) is 0 Å². The number of amides is 1. The average Bonchev–Trinajstić information content (AvgIpc) is 3.04. The predicted molar refractivity (Wildman–Crippen MR) is 118 cm³/mol. The van der Waals surface area contributed by atoms with E-state index in [4.69, 9.17) is 4.74 Å². The fraction of sp³-hybridized carbons (Fsp3) is 0.375. The van der Waals surface area contributed by atoms with Crippen LogP contribution in [0.5, 0.6) is 5.75 Å². The molecular formula is C24H30N3O4+. The third kappa shape index (κ3) is 4.46. The third-order valence-corrected chi connectivity index (χ3v) is 5.88. The number of ether oxygens (including phenoxy) is 1. The highest BCUT2D eigenvalue weighted by atomic mass is 16.5. The van der Waals surface area contributed by atoms with Crippen molar-refractivity contribution in [1.82, 2.24) is 9.88 Å². The van der Waals surface area contributed by atoms with Gasteiger partial charge in [0.1, 0.15) is 17.6 Å². The highest BCUT2D eigenvalue weighted by Gasteiger charge is 2.46. The number of Topliss-reactive ketones (excluding diaryl/α,β-unsaturated/α-hetero) is 1. The molecule has 2 aromatic rings. The summed E-state index contributed by atoms with van der Waals surface area (Å²) in [5.74, 6) is -0.803. The van der Waals surface area contributed by atoms with E-state index in [1.807, 2.05) is 13.0 Å². The van der Waals surface area contributed by atoms with Crippen LogP contribution in [0.15, 0.2) is 48.2 Å². The second-order valence-corrected chi connectivity index (χ2v) is 7.64. The topological polar surface area (TPSA) is 84.2 Å². The third-order valence-electron chi connectivity index (χ3n) is 5.88. The van der Waals surface area contributed by atoms with E-state index in [-0.39, 0.29) is 11.3 Å². The molecular weight excluding hydrogens is 394 g/mol. The number of hydrogen-bond donors (Lipinski definition) is 2. The molecule has 3 rings (SSSR count). The van der Waals surface area contributed by atoms with Crippen molar-refractivity contribution in [3.63, 3.8) is 0 Å². The number of aliphatic hydroxyl groups is 1. The lowest BCUT2D eigenvalue weighted by molar-refractivity contribution is -0.895. The van der Waals surface area contributed by atoms with Crippen molar-refractivity contribution >= 4 is 17.4 Å². The number of likely N-dealkylation sites (N-methyl/N-ethyl adjacent to an activating group) is 1. The summed E-state index contributed by atoms with van der Waals surface area (Å²) in [6.07, 6.45) is 1.63. The predicted octanol–water partition coefficient (Wildman–Crippen LogP) is 1.75. The molecule has 0 bridgehead atoms. The van der Waals surface area contributed by atoms with Crippen LogP contribution >= 0.6 is 0 Å². The number of ketones is 1. The summed E-state index contributed by atoms with van der Waals surface area (Å²) in [5, 5.41) is 11.1. The van der Waals surface area contributed by atoms with Crippen molar-refractivity contribution in [2.75, 3.05) is 33.3 Å². The normalized spacial score (nSPS) is 18.1. The fourth-order valence-electron chi connectivity index (χ4n) is 4.02. The Hall–Kier alpha value is -3.19. The molecule has 7 heteroatoms. The first-order valence-corrected chi connectivity index (χ1v) is 10.6. The zero-order valence-electron chi connectivity index (χ0n) is 18.5. The monoisotopic (exact) mass is 424 g/mol. The number of pyridine rings is 1. The molecule has 0 unspecified atom stereocenters. The number of nitrogens with zero attached hydrogens (tertiary/aromatic N) is 2. The van der Waals surface area contributed by atoms with Crippen LogP contribution < -0.4 is 9.64 Å². The van der Waals surface area contributed by atoms with Crippen molar-refractivity contribution in [2.24, 2.45) is 0 Å². The number of aromatic nitrogens is 1. The minimum Gasteiger partial charge on any atom is -0.507 e. The molecule has 2 heterocycles. The molecule has 0 radical (unpaired) electrons. The smallest absolute Gasteiger partial charge is 0.295 e. The first-order valence-electron chi connectivity index (χ1n) is 10.6. The van der Waals surface area contributed by atoms with Gasteiger partial charge >= 0.3 is 0 Å². The van der Waals surface area contributed by atoms with Crippen molar-refractivity contribution in [1.29, 1.82) is 0 Å². The van der Waals surface area contributed by atoms with Crippen LogP contribution in [0, 0.1) is 6.92 Å². The number of nitrogens with one attached hydrogen (secondary N) is 1. The number of carbonyl (C=O) groups is 2. The second-order valence-electron chi connectivity index (χ2n) is 7.64. The van der Waals surface area contributed by atoms with Crippen LogP contribution in [0.2, 0.25) is 0 Å². The number of rotatable bonds is 8. The summed E-state index contributed by atoms with van der Waals surface area (Å²) in [5.41, 5.74) is 1.91. The summed E-state index contributed by atoms with van der Waals surface area (Å²) in [4.78, 5) is 33.3. The molecule has 164 valence electrons. The molecule has 1 aromatic heterocycles. The molecule has 1 atom stereocenters. The van der Waals surface area contributed by atoms with E-state index in [9.17, 15) is 14.7 Å². The number of quaternary nitrogens is 1. The maximum Gasteiger partial charge on any atom is 0.295 e. The zero-order chi connectivity index (χ0) is 22.5. The Morgan fingerprint density at radius 3 is 2.52 bits per heavy atom. The van der Waals surface area contributed by atoms with Crippen molar-refractivity contribution in [3.8, 4) is 5.75 Å². The SMILES string of the molecule is CC[NH+](CC)CCN1C(=O)C(=O)C(=C(O)c2ccc(OC)c(C)c2)[C@@H]1c1ccccn1. The molecule has 0 aliphatic carbocycles. The average molecular weight is 425 g/mol. The number of methoxy groups -OCH3 is 1. The second kappa shape index (κ2) is 9.75. The van der Waals surface area contributed by atoms with E-state index in [1.54, 1.807) is 43.6 Å². The van der Waals surface area contributed by atoms with Gasteiger partial charge in [-0.15, -0.1) is 0 Å². The van der Waals surface area contributed by atoms with E-state index in [0.29, 0.717) is 30.1 Å². The summed E-state index contributed by atoms with van der Waals surface area (Å²) in [6.45, 7) is 9.02. The Morgan fingerprint density at radius 1 is 1.19 bits per heavy atom. The number of benzene rings is 1. The van der Waals surface area contributed by atoms with Gasteiger partial charge in [-0.1, -0.05) is 6.07 Å². The van der Waals surface area contributed by atoms with E-state index in [0.717, 1.165) is 18.7 Å². The molecule has 1 fully saturated rings. The van der Waals surface area contributed by atoms with Crippen LogP contribution in [0.1, 0.15) is 36.7 Å². The van der Waals surface area contributed by atoms with Crippen LogP contribution in [0.25, 0.3) is 5.76 Å². The first kappa shape index (κ1) is 22.5. The lowest BCUT2D eigenvalue weighted by Gasteiger charge is -2.26. The van der Waals surface area contributed by atoms with E-state index < -0.39 is 17.7 Å². The molecule has 1 aromatic carbocycles. The van der Waals surface area contributed by atoms with Gasteiger partial charge < -0.3 is 19.6 Å². The Kier molecular flexibility index (Phi) is 7.07. The van der Waals surface area contributed by atoms with Gasteiger partial charge in [0.2, 0.25) is 0 Å². The van der Waals surface area contributed by atoms with Gasteiger partial charge in [0.05, 0.1) is 44.6 Å². The molecule has 31 heavy (non-hydrogen) atoms. The first-order chi connectivity index (χ1) is 14.9. The minimum absolute atomic E-state index is 0.0720. The van der Waals surface area contributed by atoms with E-state index in [2.05, 4.69) is 18.8 Å². The van der Waals surface area contributed by atoms with Gasteiger partial charge in [0, 0.05) is 11.8 Å². The van der Waals surface area contributed by atoms with Crippen LogP contribution in [-0.2, 0) is 9.59 Å². The van der Waals surface area contributed by atoms with Crippen molar-refractivity contribution < 1.29 is 24.3 Å². The van der Waals surface area contributed by atoms with Crippen molar-refractivity contribution in [2.45, 2.75) is 26.8 Å². The van der Waals surface area contributed by atoms with Crippen LogP contribution in [-0.4, -0.2) is 60.0 Å². The highest BCUT2D eigenvalue weighted by Crippen LogP contribution is 2.38. The number of carbonyl (C=O) groups excluding carboxylic acids is 2.